The molecule has 11 heavy (non-hydrogen) atoms. The van der Waals surface area contributed by atoms with Gasteiger partial charge < -0.3 is 16.2 Å². The zero-order chi connectivity index (χ0) is 8.69. The minimum atomic E-state index is -0.889. The molecule has 0 aromatic heterocycles. The second kappa shape index (κ2) is 5.82. The minimum absolute atomic E-state index is 0.0490. The molecule has 0 aliphatic carbocycles. The number of hydrogen-bond acceptors (Lipinski definition) is 4. The molecule has 0 rings (SSSR count). The molecule has 0 aliphatic rings. The number of carboxylic acid groups (broad SMARTS) is 1. The molecule has 0 saturated heterocycles. The summed E-state index contributed by atoms with van der Waals surface area (Å²) in [5.41, 5.74) is 5.23. The molecular weight excluding hydrogens is 146 g/mol. The van der Waals surface area contributed by atoms with Crippen molar-refractivity contribution >= 4 is 12.2 Å². The number of nitrogens with zero attached hydrogens (tertiary/aromatic N) is 1. The van der Waals surface area contributed by atoms with Crippen molar-refractivity contribution < 1.29 is 9.90 Å². The van der Waals surface area contributed by atoms with Crippen LogP contribution in [0.4, 0.5) is 0 Å². The lowest BCUT2D eigenvalue weighted by atomic mass is 10.4. The lowest BCUT2D eigenvalue weighted by Crippen LogP contribution is -2.35. The maximum Gasteiger partial charge on any atom is 0.317 e. The molecule has 0 fully saturated rings. The first kappa shape index (κ1) is 10.1. The Bertz CT molecular complexity index is 138. The second-order valence-corrected chi connectivity index (χ2v) is 2.12. The van der Waals surface area contributed by atoms with Crippen molar-refractivity contribution in [1.29, 1.82) is 5.41 Å². The first-order chi connectivity index (χ1) is 5.20. The highest BCUT2D eigenvalue weighted by atomic mass is 16.4. The van der Waals surface area contributed by atoms with Crippen LogP contribution in [0.5, 0.6) is 0 Å². The van der Waals surface area contributed by atoms with E-state index in [4.69, 9.17) is 16.2 Å². The van der Waals surface area contributed by atoms with Crippen molar-refractivity contribution in [2.24, 2.45) is 5.73 Å². The molecule has 64 valence electrons. The summed E-state index contributed by atoms with van der Waals surface area (Å²) < 4.78 is 0. The fourth-order valence-electron chi connectivity index (χ4n) is 0.738. The standard InChI is InChI=1S/C6H13N3O2/c7-1-3-9(4-2-8)5-6(10)11/h1,7H,2-5,8H2,(H,10,11). The molecular formula is C6H13N3O2. The molecule has 0 atom stereocenters. The normalized spacial score (nSPS) is 10.0. The van der Waals surface area contributed by atoms with E-state index in [2.05, 4.69) is 0 Å². The molecule has 0 radical (unpaired) electrons. The van der Waals surface area contributed by atoms with Gasteiger partial charge in [-0.25, -0.2) is 0 Å². The Kier molecular flexibility index (Phi) is 5.32. The summed E-state index contributed by atoms with van der Waals surface area (Å²) in [4.78, 5) is 11.8. The average Bonchev–Trinajstić information content (AvgIpc) is 1.87. The van der Waals surface area contributed by atoms with Gasteiger partial charge in [0.05, 0.1) is 6.54 Å². The topological polar surface area (TPSA) is 90.4 Å². The van der Waals surface area contributed by atoms with E-state index in [0.29, 0.717) is 19.6 Å². The molecule has 0 spiro atoms. The summed E-state index contributed by atoms with van der Waals surface area (Å²) in [6, 6.07) is 0. The Labute approximate surface area is 65.3 Å². The van der Waals surface area contributed by atoms with Gasteiger partial charge in [-0.2, -0.15) is 0 Å². The number of carboxylic acids is 1. The molecule has 0 aromatic rings. The molecule has 4 N–H and O–H groups in total. The minimum Gasteiger partial charge on any atom is -0.480 e. The lowest BCUT2D eigenvalue weighted by Gasteiger charge is -2.15. The van der Waals surface area contributed by atoms with Gasteiger partial charge in [-0.3, -0.25) is 9.69 Å². The lowest BCUT2D eigenvalue weighted by molar-refractivity contribution is -0.138. The second-order valence-electron chi connectivity index (χ2n) is 2.12. The fourth-order valence-corrected chi connectivity index (χ4v) is 0.738. The third-order valence-electron chi connectivity index (χ3n) is 1.15. The van der Waals surface area contributed by atoms with Crippen LogP contribution in [0.15, 0.2) is 0 Å². The SMILES string of the molecule is N=CCN(CCN)CC(=O)O. The van der Waals surface area contributed by atoms with Gasteiger partial charge in [0.25, 0.3) is 0 Å². The molecule has 0 amide bonds. The largest absolute Gasteiger partial charge is 0.480 e. The predicted octanol–water partition coefficient (Wildman–Crippen LogP) is -1.02. The van der Waals surface area contributed by atoms with E-state index in [1.807, 2.05) is 0 Å². The summed E-state index contributed by atoms with van der Waals surface area (Å²) in [5, 5.41) is 15.1. The summed E-state index contributed by atoms with van der Waals surface area (Å²) in [7, 11) is 0. The average molecular weight is 159 g/mol. The van der Waals surface area contributed by atoms with Crippen LogP contribution >= 0.6 is 0 Å². The maximum absolute atomic E-state index is 10.2. The van der Waals surface area contributed by atoms with Crippen LogP contribution in [0.2, 0.25) is 0 Å². The van der Waals surface area contributed by atoms with Crippen molar-refractivity contribution in [3.63, 3.8) is 0 Å². The van der Waals surface area contributed by atoms with Gasteiger partial charge >= 0.3 is 5.97 Å². The van der Waals surface area contributed by atoms with E-state index in [9.17, 15) is 4.79 Å². The van der Waals surface area contributed by atoms with Crippen LogP contribution in [0.1, 0.15) is 0 Å². The first-order valence-corrected chi connectivity index (χ1v) is 3.34. The van der Waals surface area contributed by atoms with Crippen molar-refractivity contribution in [2.45, 2.75) is 0 Å². The van der Waals surface area contributed by atoms with Crippen molar-refractivity contribution in [1.82, 2.24) is 4.90 Å². The van der Waals surface area contributed by atoms with Gasteiger partial charge in [0.2, 0.25) is 0 Å². The summed E-state index contributed by atoms with van der Waals surface area (Å²) >= 11 is 0. The first-order valence-electron chi connectivity index (χ1n) is 3.34. The highest BCUT2D eigenvalue weighted by Crippen LogP contribution is 1.83. The Morgan fingerprint density at radius 1 is 1.73 bits per heavy atom. The molecule has 0 aliphatic heterocycles. The zero-order valence-electron chi connectivity index (χ0n) is 6.29. The van der Waals surface area contributed by atoms with E-state index >= 15 is 0 Å². The van der Waals surface area contributed by atoms with Crippen molar-refractivity contribution in [3.05, 3.63) is 0 Å². The van der Waals surface area contributed by atoms with Crippen LogP contribution in [0, 0.1) is 5.41 Å². The highest BCUT2D eigenvalue weighted by molar-refractivity contribution is 5.69. The zero-order valence-corrected chi connectivity index (χ0v) is 6.29. The maximum atomic E-state index is 10.2. The fraction of sp³-hybridized carbons (Fsp3) is 0.667. The number of carbonyl (C=O) groups is 1. The molecule has 5 heteroatoms. The number of nitrogens with one attached hydrogen (secondary N) is 1. The third kappa shape index (κ3) is 5.50. The Morgan fingerprint density at radius 2 is 2.36 bits per heavy atom. The van der Waals surface area contributed by atoms with Crippen LogP contribution in [-0.4, -0.2) is 48.4 Å². The van der Waals surface area contributed by atoms with Crippen molar-refractivity contribution in [2.75, 3.05) is 26.2 Å². The number of hydrogen-bond donors (Lipinski definition) is 3. The quantitative estimate of drug-likeness (QED) is 0.433. The molecule has 0 saturated carbocycles. The Balaban J connectivity index is 3.67. The molecule has 0 heterocycles. The number of nitrogens with two attached hydrogens (primary N) is 1. The molecule has 0 aromatic carbocycles. The molecule has 0 unspecified atom stereocenters. The van der Waals surface area contributed by atoms with Gasteiger partial charge in [0.15, 0.2) is 0 Å². The monoisotopic (exact) mass is 159 g/mol. The van der Waals surface area contributed by atoms with Crippen LogP contribution in [-0.2, 0) is 4.79 Å². The Morgan fingerprint density at radius 3 is 2.73 bits per heavy atom. The smallest absolute Gasteiger partial charge is 0.317 e. The van der Waals surface area contributed by atoms with E-state index in [1.54, 1.807) is 4.90 Å². The third-order valence-corrected chi connectivity index (χ3v) is 1.15. The predicted molar refractivity (Wildman–Crippen MR) is 41.9 cm³/mol. The van der Waals surface area contributed by atoms with E-state index in [1.165, 1.54) is 6.21 Å². The number of rotatable bonds is 6. The van der Waals surface area contributed by atoms with Crippen LogP contribution in [0.25, 0.3) is 0 Å². The van der Waals surface area contributed by atoms with Gasteiger partial charge in [-0.15, -0.1) is 0 Å². The van der Waals surface area contributed by atoms with E-state index < -0.39 is 5.97 Å². The summed E-state index contributed by atoms with van der Waals surface area (Å²) in [5.74, 6) is -0.889. The molecule has 5 nitrogen and oxygen atoms in total. The van der Waals surface area contributed by atoms with Gasteiger partial charge in [-0.05, 0) is 0 Å². The van der Waals surface area contributed by atoms with Crippen LogP contribution in [0.3, 0.4) is 0 Å². The Hall–Kier alpha value is -0.940. The van der Waals surface area contributed by atoms with E-state index in [-0.39, 0.29) is 6.54 Å². The van der Waals surface area contributed by atoms with Gasteiger partial charge in [-0.1, -0.05) is 0 Å². The van der Waals surface area contributed by atoms with Crippen molar-refractivity contribution in [3.8, 4) is 0 Å². The molecule has 0 bridgehead atoms. The van der Waals surface area contributed by atoms with Gasteiger partial charge in [0.1, 0.15) is 0 Å². The number of aliphatic carboxylic acids is 1. The summed E-state index contributed by atoms with van der Waals surface area (Å²) in [6.45, 7) is 1.24. The summed E-state index contributed by atoms with van der Waals surface area (Å²) in [6.07, 6.45) is 1.17. The van der Waals surface area contributed by atoms with Gasteiger partial charge in [0, 0.05) is 25.8 Å². The van der Waals surface area contributed by atoms with E-state index in [0.717, 1.165) is 0 Å². The highest BCUT2D eigenvalue weighted by Gasteiger charge is 2.05. The van der Waals surface area contributed by atoms with Crippen LogP contribution < -0.4 is 5.73 Å².